The predicted octanol–water partition coefficient (Wildman–Crippen LogP) is 3.25. The smallest absolute Gasteiger partial charge is 0.242 e. The number of piperazine rings is 1. The molecular weight excluding hydrogens is 398 g/mol. The Morgan fingerprint density at radius 2 is 1.67 bits per heavy atom. The van der Waals surface area contributed by atoms with E-state index in [0.717, 1.165) is 12.0 Å². The molecule has 160 valence electrons. The Bertz CT molecular complexity index is 865. The highest BCUT2D eigenvalue weighted by atomic mass is 35.5. The number of nitrogens with zero attached hydrogens (tertiary/aromatic N) is 2. The molecule has 5 nitrogen and oxygen atoms in total. The van der Waals surface area contributed by atoms with Crippen LogP contribution in [0.1, 0.15) is 36.5 Å². The van der Waals surface area contributed by atoms with E-state index in [-0.39, 0.29) is 18.4 Å². The molecule has 2 N–H and O–H groups in total. The highest BCUT2D eigenvalue weighted by Gasteiger charge is 2.29. The summed E-state index contributed by atoms with van der Waals surface area (Å²) in [5, 5.41) is 0.649. The number of rotatable bonds is 7. The molecule has 1 heterocycles. The number of hydrogen-bond donors (Lipinski definition) is 1. The monoisotopic (exact) mass is 427 g/mol. The van der Waals surface area contributed by atoms with Crippen molar-refractivity contribution in [3.63, 3.8) is 0 Å². The van der Waals surface area contributed by atoms with Crippen LogP contribution in [0.25, 0.3) is 0 Å². The number of benzene rings is 2. The second-order valence-corrected chi connectivity index (χ2v) is 8.66. The first-order valence-corrected chi connectivity index (χ1v) is 10.9. The minimum atomic E-state index is -0.662. The highest BCUT2D eigenvalue weighted by molar-refractivity contribution is 6.30. The molecule has 2 amide bonds. The van der Waals surface area contributed by atoms with E-state index in [9.17, 15) is 9.59 Å². The molecular formula is C24H30ClN3O2. The molecule has 1 aliphatic heterocycles. The minimum absolute atomic E-state index is 0.0212. The Morgan fingerprint density at radius 1 is 1.03 bits per heavy atom. The number of halogens is 1. The van der Waals surface area contributed by atoms with E-state index >= 15 is 0 Å². The molecule has 30 heavy (non-hydrogen) atoms. The zero-order chi connectivity index (χ0) is 21.7. The Kier molecular flexibility index (Phi) is 7.51. The summed E-state index contributed by atoms with van der Waals surface area (Å²) < 4.78 is 0. The van der Waals surface area contributed by atoms with Gasteiger partial charge in [-0.05, 0) is 47.6 Å². The van der Waals surface area contributed by atoms with E-state index in [1.807, 2.05) is 17.0 Å². The van der Waals surface area contributed by atoms with Gasteiger partial charge < -0.3 is 15.5 Å². The first-order chi connectivity index (χ1) is 14.3. The first-order valence-electron chi connectivity index (χ1n) is 10.5. The van der Waals surface area contributed by atoms with Crippen molar-refractivity contribution in [3.8, 4) is 0 Å². The van der Waals surface area contributed by atoms with Crippen LogP contribution in [0.5, 0.6) is 0 Å². The van der Waals surface area contributed by atoms with Gasteiger partial charge >= 0.3 is 0 Å². The molecule has 0 aromatic heterocycles. The van der Waals surface area contributed by atoms with E-state index in [0.29, 0.717) is 37.0 Å². The number of hydrogen-bond acceptors (Lipinski definition) is 3. The maximum atomic E-state index is 12.7. The molecule has 1 saturated heterocycles. The lowest BCUT2D eigenvalue weighted by molar-refractivity contribution is -0.145. The zero-order valence-corrected chi connectivity index (χ0v) is 18.4. The summed E-state index contributed by atoms with van der Waals surface area (Å²) in [7, 11) is 0. The van der Waals surface area contributed by atoms with Crippen molar-refractivity contribution >= 4 is 23.4 Å². The predicted molar refractivity (Wildman–Crippen MR) is 121 cm³/mol. The molecule has 2 aromatic carbocycles. The number of carbonyl (C=O) groups excluding carboxylic acids is 2. The first kappa shape index (κ1) is 22.3. The van der Waals surface area contributed by atoms with Crippen LogP contribution in [0.15, 0.2) is 48.5 Å². The van der Waals surface area contributed by atoms with Crippen molar-refractivity contribution in [2.75, 3.05) is 26.2 Å². The van der Waals surface area contributed by atoms with Gasteiger partial charge in [0.25, 0.3) is 0 Å². The van der Waals surface area contributed by atoms with Gasteiger partial charge in [0.15, 0.2) is 0 Å². The fraction of sp³-hybridized carbons (Fsp3) is 0.417. The Hall–Kier alpha value is -2.37. The molecule has 0 saturated carbocycles. The third-order valence-corrected chi connectivity index (χ3v) is 5.89. The normalized spacial score (nSPS) is 15.6. The van der Waals surface area contributed by atoms with Crippen LogP contribution < -0.4 is 5.73 Å². The van der Waals surface area contributed by atoms with Crippen molar-refractivity contribution in [3.05, 3.63) is 70.2 Å². The molecule has 0 spiro atoms. The molecule has 2 aromatic rings. The number of carbonyl (C=O) groups is 2. The van der Waals surface area contributed by atoms with Crippen LogP contribution in [0.4, 0.5) is 0 Å². The molecule has 3 rings (SSSR count). The van der Waals surface area contributed by atoms with Crippen LogP contribution in [-0.2, 0) is 22.4 Å². The SMILES string of the molecule is CC(C)c1ccc(CCN2CCN(C(=O)C(N)Cc3ccc(Cl)cc3)CC2=O)cc1. The van der Waals surface area contributed by atoms with Gasteiger partial charge in [-0.1, -0.05) is 61.8 Å². The van der Waals surface area contributed by atoms with Crippen LogP contribution in [0, 0.1) is 0 Å². The van der Waals surface area contributed by atoms with Crippen molar-refractivity contribution in [1.82, 2.24) is 9.80 Å². The lowest BCUT2D eigenvalue weighted by Crippen LogP contribution is -2.56. The fourth-order valence-corrected chi connectivity index (χ4v) is 3.79. The van der Waals surface area contributed by atoms with E-state index < -0.39 is 6.04 Å². The maximum Gasteiger partial charge on any atom is 0.242 e. The third-order valence-electron chi connectivity index (χ3n) is 5.63. The summed E-state index contributed by atoms with van der Waals surface area (Å²) in [4.78, 5) is 28.7. The maximum absolute atomic E-state index is 12.7. The van der Waals surface area contributed by atoms with Gasteiger partial charge in [0.2, 0.25) is 11.8 Å². The summed E-state index contributed by atoms with van der Waals surface area (Å²) in [5.74, 6) is 0.312. The summed E-state index contributed by atoms with van der Waals surface area (Å²) >= 11 is 5.90. The van der Waals surface area contributed by atoms with Gasteiger partial charge in [0, 0.05) is 24.7 Å². The van der Waals surface area contributed by atoms with Gasteiger partial charge in [-0.25, -0.2) is 0 Å². The van der Waals surface area contributed by atoms with Gasteiger partial charge in [-0.15, -0.1) is 0 Å². The van der Waals surface area contributed by atoms with E-state index in [1.165, 1.54) is 11.1 Å². The van der Waals surface area contributed by atoms with Crippen LogP contribution in [-0.4, -0.2) is 53.8 Å². The van der Waals surface area contributed by atoms with Crippen molar-refractivity contribution in [2.45, 2.75) is 38.6 Å². The lowest BCUT2D eigenvalue weighted by Gasteiger charge is -2.35. The lowest BCUT2D eigenvalue weighted by atomic mass is 10.0. The Labute approximate surface area is 183 Å². The van der Waals surface area contributed by atoms with Gasteiger partial charge in [-0.2, -0.15) is 0 Å². The average Bonchev–Trinajstić information content (AvgIpc) is 2.74. The highest BCUT2D eigenvalue weighted by Crippen LogP contribution is 2.16. The zero-order valence-electron chi connectivity index (χ0n) is 17.7. The number of amides is 2. The fourth-order valence-electron chi connectivity index (χ4n) is 3.66. The second kappa shape index (κ2) is 10.1. The Balaban J connectivity index is 1.48. The largest absolute Gasteiger partial charge is 0.339 e. The number of nitrogens with two attached hydrogens (primary N) is 1. The molecule has 0 aliphatic carbocycles. The van der Waals surface area contributed by atoms with Gasteiger partial charge in [0.05, 0.1) is 12.6 Å². The average molecular weight is 428 g/mol. The van der Waals surface area contributed by atoms with E-state index in [2.05, 4.69) is 38.1 Å². The molecule has 0 radical (unpaired) electrons. The third kappa shape index (κ3) is 5.83. The summed E-state index contributed by atoms with van der Waals surface area (Å²) in [6.07, 6.45) is 1.24. The summed E-state index contributed by atoms with van der Waals surface area (Å²) in [5.41, 5.74) is 9.60. The molecule has 1 unspecified atom stereocenters. The summed E-state index contributed by atoms with van der Waals surface area (Å²) in [6.45, 7) is 6.18. The van der Waals surface area contributed by atoms with Crippen molar-refractivity contribution in [1.29, 1.82) is 0 Å². The topological polar surface area (TPSA) is 66.6 Å². The van der Waals surface area contributed by atoms with Crippen LogP contribution in [0.2, 0.25) is 5.02 Å². The van der Waals surface area contributed by atoms with Gasteiger partial charge in [0.1, 0.15) is 0 Å². The summed E-state index contributed by atoms with van der Waals surface area (Å²) in [6, 6.07) is 15.2. The van der Waals surface area contributed by atoms with E-state index in [1.54, 1.807) is 17.0 Å². The van der Waals surface area contributed by atoms with Gasteiger partial charge in [-0.3, -0.25) is 9.59 Å². The quantitative estimate of drug-likeness (QED) is 0.737. The van der Waals surface area contributed by atoms with Crippen molar-refractivity contribution < 1.29 is 9.59 Å². The van der Waals surface area contributed by atoms with Crippen LogP contribution >= 0.6 is 11.6 Å². The second-order valence-electron chi connectivity index (χ2n) is 8.22. The minimum Gasteiger partial charge on any atom is -0.339 e. The molecule has 0 bridgehead atoms. The molecule has 1 fully saturated rings. The Morgan fingerprint density at radius 3 is 2.27 bits per heavy atom. The standard InChI is InChI=1S/C24H30ClN3O2/c1-17(2)20-7-3-18(4-8-20)11-12-27-13-14-28(16-23(27)29)24(30)22(26)15-19-5-9-21(25)10-6-19/h3-10,17,22H,11-16,26H2,1-2H3. The molecule has 1 aliphatic rings. The van der Waals surface area contributed by atoms with E-state index in [4.69, 9.17) is 17.3 Å². The van der Waals surface area contributed by atoms with Crippen LogP contribution in [0.3, 0.4) is 0 Å². The molecule has 6 heteroatoms. The van der Waals surface area contributed by atoms with Crippen molar-refractivity contribution in [2.24, 2.45) is 5.73 Å². The molecule has 1 atom stereocenters.